The first-order valence-corrected chi connectivity index (χ1v) is 5.37. The summed E-state index contributed by atoms with van der Waals surface area (Å²) < 4.78 is 5.54. The van der Waals surface area contributed by atoms with Crippen LogP contribution in [0, 0.1) is 10.4 Å². The fourth-order valence-electron chi connectivity index (χ4n) is 2.42. The number of para-hydroxylation sites is 1. The average Bonchev–Trinajstić information content (AvgIpc) is 2.91. The molecule has 2 aliphatic heterocycles. The van der Waals surface area contributed by atoms with Crippen LogP contribution in [0.1, 0.15) is 0 Å². The van der Waals surface area contributed by atoms with E-state index in [1.165, 1.54) is 15.7 Å². The first-order valence-electron chi connectivity index (χ1n) is 5.37. The second-order valence-electron chi connectivity index (χ2n) is 4.02. The number of ether oxygens (including phenoxy) is 1. The van der Waals surface area contributed by atoms with Crippen molar-refractivity contribution in [3.8, 4) is 5.75 Å². The highest BCUT2D eigenvalue weighted by Gasteiger charge is 2.11. The van der Waals surface area contributed by atoms with E-state index in [0.29, 0.717) is 6.61 Å². The molecular formula is C14H9NO. The van der Waals surface area contributed by atoms with Crippen molar-refractivity contribution in [3.05, 3.63) is 57.4 Å². The van der Waals surface area contributed by atoms with Gasteiger partial charge in [-0.3, -0.25) is 0 Å². The van der Waals surface area contributed by atoms with Crippen LogP contribution in [0.25, 0.3) is 6.08 Å². The first-order chi connectivity index (χ1) is 7.93. The molecule has 2 aromatic rings. The van der Waals surface area contributed by atoms with Gasteiger partial charge in [0, 0.05) is 15.7 Å². The Labute approximate surface area is 91.8 Å². The minimum atomic E-state index is 0.675. The summed E-state index contributed by atoms with van der Waals surface area (Å²) in [5.74, 6) is 0.977. The molecule has 0 aromatic heterocycles. The largest absolute Gasteiger partial charge is 0.489 e. The van der Waals surface area contributed by atoms with Gasteiger partial charge in [0.1, 0.15) is 12.4 Å². The molecule has 0 aliphatic carbocycles. The van der Waals surface area contributed by atoms with Crippen molar-refractivity contribution in [2.45, 2.75) is 0 Å². The van der Waals surface area contributed by atoms with E-state index in [-0.39, 0.29) is 0 Å². The summed E-state index contributed by atoms with van der Waals surface area (Å²) in [7, 11) is 0. The van der Waals surface area contributed by atoms with Crippen molar-refractivity contribution < 1.29 is 4.74 Å². The molecular weight excluding hydrogens is 198 g/mol. The van der Waals surface area contributed by atoms with Crippen molar-refractivity contribution in [1.29, 1.82) is 0 Å². The number of hydrogen-bond donors (Lipinski definition) is 0. The lowest BCUT2D eigenvalue weighted by Gasteiger charge is -1.97. The molecule has 2 aromatic carbocycles. The number of rotatable bonds is 0. The van der Waals surface area contributed by atoms with Crippen LogP contribution in [0.3, 0.4) is 0 Å². The summed E-state index contributed by atoms with van der Waals surface area (Å²) in [5, 5.41) is 4.71. The van der Waals surface area contributed by atoms with E-state index in [1.807, 2.05) is 18.2 Å². The minimum absolute atomic E-state index is 0.675. The number of hydrogen-bond acceptors (Lipinski definition) is 2. The first kappa shape index (κ1) is 8.11. The standard InChI is InChI=1S/C14H9NO/c1-2-4-11-9(3-1)14-10-7-8-16-13(10)6-5-12(14)15-11/h1-7H,8H2. The lowest BCUT2D eigenvalue weighted by Crippen LogP contribution is -2.03. The molecule has 0 saturated heterocycles. The predicted molar refractivity (Wildman–Crippen MR) is 61.0 cm³/mol. The van der Waals surface area contributed by atoms with E-state index in [2.05, 4.69) is 29.3 Å². The van der Waals surface area contributed by atoms with Crippen LogP contribution in [-0.4, -0.2) is 6.61 Å². The highest BCUT2D eigenvalue weighted by molar-refractivity contribution is 5.53. The molecule has 4 rings (SSSR count). The Morgan fingerprint density at radius 1 is 1.06 bits per heavy atom. The molecule has 0 bridgehead atoms. The lowest BCUT2D eigenvalue weighted by molar-refractivity contribution is 0.385. The van der Waals surface area contributed by atoms with Crippen LogP contribution in [-0.2, 0) is 0 Å². The van der Waals surface area contributed by atoms with Crippen LogP contribution >= 0.6 is 0 Å². The van der Waals surface area contributed by atoms with Gasteiger partial charge < -0.3 is 4.74 Å². The highest BCUT2D eigenvalue weighted by Crippen LogP contribution is 2.20. The van der Waals surface area contributed by atoms with E-state index in [9.17, 15) is 0 Å². The van der Waals surface area contributed by atoms with Gasteiger partial charge in [-0.25, -0.2) is 4.99 Å². The average molecular weight is 207 g/mol. The summed E-state index contributed by atoms with van der Waals surface area (Å²) in [6.45, 7) is 0.675. The van der Waals surface area contributed by atoms with E-state index in [4.69, 9.17) is 4.74 Å². The monoisotopic (exact) mass is 207 g/mol. The molecule has 2 nitrogen and oxygen atoms in total. The third kappa shape index (κ3) is 0.890. The molecule has 0 unspecified atom stereocenters. The maximum Gasteiger partial charge on any atom is 0.127 e. The molecule has 0 radical (unpaired) electrons. The van der Waals surface area contributed by atoms with Gasteiger partial charge in [-0.2, -0.15) is 0 Å². The minimum Gasteiger partial charge on any atom is -0.489 e. The Bertz CT molecular complexity index is 806. The quantitative estimate of drug-likeness (QED) is 0.546. The molecule has 2 aliphatic rings. The van der Waals surface area contributed by atoms with Crippen LogP contribution in [0.5, 0.6) is 5.75 Å². The van der Waals surface area contributed by atoms with Gasteiger partial charge in [-0.05, 0) is 24.3 Å². The topological polar surface area (TPSA) is 21.6 Å². The molecule has 76 valence electrons. The third-order valence-corrected chi connectivity index (χ3v) is 3.12. The van der Waals surface area contributed by atoms with Gasteiger partial charge in [0.2, 0.25) is 0 Å². The Morgan fingerprint density at radius 2 is 2.00 bits per heavy atom. The molecule has 0 atom stereocenters. The number of fused-ring (bicyclic) bond motifs is 4. The highest BCUT2D eigenvalue weighted by atomic mass is 16.5. The van der Waals surface area contributed by atoms with Crippen molar-refractivity contribution in [1.82, 2.24) is 0 Å². The van der Waals surface area contributed by atoms with Crippen molar-refractivity contribution >= 4 is 11.8 Å². The SMILES string of the molecule is C1=c2c(ccc3c2=c2ccccc2=N3)OC1. The lowest BCUT2D eigenvalue weighted by atomic mass is 10.1. The molecule has 0 fully saturated rings. The molecule has 0 N–H and O–H groups in total. The van der Waals surface area contributed by atoms with Crippen LogP contribution in [0.2, 0.25) is 0 Å². The van der Waals surface area contributed by atoms with E-state index >= 15 is 0 Å². The van der Waals surface area contributed by atoms with Crippen LogP contribution in [0.4, 0.5) is 5.69 Å². The Balaban J connectivity index is 2.41. The van der Waals surface area contributed by atoms with E-state index in [1.54, 1.807) is 0 Å². The predicted octanol–water partition coefficient (Wildman–Crippen LogP) is 1.41. The molecule has 0 amide bonds. The normalized spacial score (nSPS) is 14.2. The molecule has 2 heterocycles. The van der Waals surface area contributed by atoms with Crippen molar-refractivity contribution in [3.63, 3.8) is 0 Å². The Kier molecular flexibility index (Phi) is 1.38. The summed E-state index contributed by atoms with van der Waals surface area (Å²) in [5.41, 5.74) is 1.06. The zero-order valence-electron chi connectivity index (χ0n) is 8.60. The molecule has 2 heteroatoms. The molecule has 16 heavy (non-hydrogen) atoms. The van der Waals surface area contributed by atoms with Crippen molar-refractivity contribution in [2.24, 2.45) is 4.99 Å². The summed E-state index contributed by atoms with van der Waals surface area (Å²) >= 11 is 0. The molecule has 0 saturated carbocycles. The van der Waals surface area contributed by atoms with E-state index in [0.717, 1.165) is 16.8 Å². The van der Waals surface area contributed by atoms with Gasteiger partial charge in [0.05, 0.1) is 11.0 Å². The fourth-order valence-corrected chi connectivity index (χ4v) is 2.42. The van der Waals surface area contributed by atoms with Crippen molar-refractivity contribution in [2.75, 3.05) is 6.61 Å². The van der Waals surface area contributed by atoms with Gasteiger partial charge in [-0.15, -0.1) is 0 Å². The zero-order valence-corrected chi connectivity index (χ0v) is 8.60. The molecule has 0 spiro atoms. The smallest absolute Gasteiger partial charge is 0.127 e. The van der Waals surface area contributed by atoms with Crippen LogP contribution < -0.4 is 15.3 Å². The third-order valence-electron chi connectivity index (χ3n) is 3.12. The van der Waals surface area contributed by atoms with Gasteiger partial charge in [0.15, 0.2) is 0 Å². The summed E-state index contributed by atoms with van der Waals surface area (Å²) in [4.78, 5) is 4.62. The van der Waals surface area contributed by atoms with Crippen LogP contribution in [0.15, 0.2) is 41.4 Å². The Hall–Kier alpha value is -2.09. The van der Waals surface area contributed by atoms with Gasteiger partial charge in [-0.1, -0.05) is 18.2 Å². The summed E-state index contributed by atoms with van der Waals surface area (Å²) in [6, 6.07) is 12.3. The van der Waals surface area contributed by atoms with Gasteiger partial charge >= 0.3 is 0 Å². The zero-order chi connectivity index (χ0) is 10.5. The summed E-state index contributed by atoms with van der Waals surface area (Å²) in [6.07, 6.45) is 2.13. The van der Waals surface area contributed by atoms with Gasteiger partial charge in [0.25, 0.3) is 0 Å². The number of benzene rings is 2. The number of nitrogens with zero attached hydrogens (tertiary/aromatic N) is 1. The second-order valence-corrected chi connectivity index (χ2v) is 4.02. The van der Waals surface area contributed by atoms with E-state index < -0.39 is 0 Å². The maximum absolute atomic E-state index is 5.54. The fraction of sp³-hybridized carbons (Fsp3) is 0.0714. The Morgan fingerprint density at radius 3 is 3.00 bits per heavy atom. The maximum atomic E-state index is 5.54. The second kappa shape index (κ2) is 2.73.